The van der Waals surface area contributed by atoms with Crippen LogP contribution >= 0.6 is 0 Å². The topological polar surface area (TPSA) is 230 Å². The van der Waals surface area contributed by atoms with E-state index in [0.29, 0.717) is 51.0 Å². The second kappa shape index (κ2) is 22.9. The van der Waals surface area contributed by atoms with E-state index in [9.17, 15) is 28.8 Å². The molecule has 0 heterocycles. The quantitative estimate of drug-likeness (QED) is 0.0561. The van der Waals surface area contributed by atoms with Crippen molar-refractivity contribution in [2.24, 2.45) is 0 Å². The lowest BCUT2D eigenvalue weighted by Gasteiger charge is -2.19. The average Bonchev–Trinajstić information content (AvgIpc) is 3.29. The number of nitrogens with one attached hydrogen (secondary N) is 6. The van der Waals surface area contributed by atoms with Crippen LogP contribution in [0.15, 0.2) is 146 Å². The summed E-state index contributed by atoms with van der Waals surface area (Å²) in [5.41, 5.74) is 3.70. The number of carbonyl (C=O) groups excluding carboxylic acids is 6. The third-order valence-electron chi connectivity index (χ3n) is 9.10. The van der Waals surface area contributed by atoms with Gasteiger partial charge in [-0.25, -0.2) is 28.8 Å². The molecule has 0 saturated heterocycles. The molecule has 6 rings (SSSR count). The van der Waals surface area contributed by atoms with Gasteiger partial charge < -0.3 is 28.4 Å². The van der Waals surface area contributed by atoms with Gasteiger partial charge in [0, 0.05) is 34.1 Å². The van der Waals surface area contributed by atoms with Crippen molar-refractivity contribution in [3.8, 4) is 17.2 Å². The zero-order chi connectivity index (χ0) is 46.8. The molecule has 0 bridgehead atoms. The van der Waals surface area contributed by atoms with E-state index in [1.165, 1.54) is 18.2 Å². The number of benzene rings is 6. The summed E-state index contributed by atoms with van der Waals surface area (Å²) in [4.78, 5) is 77.0. The number of rotatable bonds is 14. The van der Waals surface area contributed by atoms with Crippen molar-refractivity contribution in [3.63, 3.8) is 0 Å². The Bertz CT molecular complexity index is 2550. The van der Waals surface area contributed by atoms with Crippen LogP contribution in [-0.2, 0) is 14.2 Å². The monoisotopic (exact) mass is 896 g/mol. The summed E-state index contributed by atoms with van der Waals surface area (Å²) in [6.07, 6.45) is -6.60. The van der Waals surface area contributed by atoms with Gasteiger partial charge in [0.1, 0.15) is 30.5 Å². The molecule has 338 valence electrons. The first kappa shape index (κ1) is 46.4. The van der Waals surface area contributed by atoms with Gasteiger partial charge in [-0.05, 0) is 110 Å². The summed E-state index contributed by atoms with van der Waals surface area (Å²) in [5, 5.41) is 15.5. The largest absolute Gasteiger partial charge is 0.445 e. The molecular weight excluding hydrogens is 853 g/mol. The van der Waals surface area contributed by atoms with E-state index in [0.717, 1.165) is 0 Å². The fourth-order valence-corrected chi connectivity index (χ4v) is 5.76. The van der Waals surface area contributed by atoms with E-state index in [4.69, 9.17) is 28.4 Å². The Morgan fingerprint density at radius 1 is 0.379 bits per heavy atom. The first-order chi connectivity index (χ1) is 31.8. The van der Waals surface area contributed by atoms with Crippen LogP contribution in [0, 0.1) is 20.8 Å². The van der Waals surface area contributed by atoms with Crippen molar-refractivity contribution in [2.75, 3.05) is 45.1 Å². The molecule has 6 N–H and O–H groups in total. The maximum Gasteiger partial charge on any atom is 0.417 e. The maximum absolute atomic E-state index is 13.3. The number of ether oxygens (including phenoxy) is 6. The Kier molecular flexibility index (Phi) is 16.1. The zero-order valence-electron chi connectivity index (χ0n) is 35.7. The SMILES string of the molecule is Cc1ccc(NC(=O)OCC(COC(=O)Nc2ccc(C)c(NC(=O)Oc3ccccc3)c2)OC(=O)Nc2ccc(C)c(NC(=O)Oc3ccccc3)c2)cc1NC(=O)Oc1ccccc1. The Morgan fingerprint density at radius 2 is 0.682 bits per heavy atom. The van der Waals surface area contributed by atoms with Gasteiger partial charge in [0.25, 0.3) is 0 Å². The Labute approximate surface area is 378 Å². The lowest BCUT2D eigenvalue weighted by Crippen LogP contribution is -2.34. The fraction of sp³-hybridized carbons (Fsp3) is 0.125. The number of para-hydroxylation sites is 3. The van der Waals surface area contributed by atoms with Crippen LogP contribution < -0.4 is 46.1 Å². The smallest absolute Gasteiger partial charge is 0.417 e. The van der Waals surface area contributed by atoms with Gasteiger partial charge in [-0.3, -0.25) is 31.9 Å². The van der Waals surface area contributed by atoms with Crippen LogP contribution in [-0.4, -0.2) is 55.9 Å². The van der Waals surface area contributed by atoms with E-state index in [2.05, 4.69) is 31.9 Å². The molecule has 0 saturated carbocycles. The lowest BCUT2D eigenvalue weighted by molar-refractivity contribution is 0.0176. The van der Waals surface area contributed by atoms with Gasteiger partial charge in [0.05, 0.1) is 0 Å². The Hall–Kier alpha value is -9.06. The minimum atomic E-state index is -1.36. The number of amides is 6. The van der Waals surface area contributed by atoms with Gasteiger partial charge in [-0.1, -0.05) is 72.8 Å². The molecule has 6 aromatic rings. The summed E-state index contributed by atoms with van der Waals surface area (Å²) in [5.74, 6) is 0.991. The summed E-state index contributed by atoms with van der Waals surface area (Å²) < 4.78 is 32.2. The molecule has 0 fully saturated rings. The van der Waals surface area contributed by atoms with Crippen LogP contribution in [0.5, 0.6) is 17.2 Å². The van der Waals surface area contributed by atoms with E-state index in [1.54, 1.807) is 148 Å². The molecule has 0 spiro atoms. The van der Waals surface area contributed by atoms with E-state index >= 15 is 0 Å². The van der Waals surface area contributed by atoms with Crippen LogP contribution in [0.25, 0.3) is 0 Å². The highest BCUT2D eigenvalue weighted by Gasteiger charge is 2.21. The van der Waals surface area contributed by atoms with Crippen molar-refractivity contribution < 1.29 is 57.2 Å². The van der Waals surface area contributed by atoms with Crippen LogP contribution in [0.3, 0.4) is 0 Å². The molecule has 0 aromatic heterocycles. The molecular formula is C48H44N6O12. The third kappa shape index (κ3) is 14.8. The lowest BCUT2D eigenvalue weighted by atomic mass is 10.2. The maximum atomic E-state index is 13.3. The normalized spacial score (nSPS) is 10.4. The highest BCUT2D eigenvalue weighted by atomic mass is 16.6. The van der Waals surface area contributed by atoms with Gasteiger partial charge in [-0.2, -0.15) is 0 Å². The number of hydrogen-bond acceptors (Lipinski definition) is 12. The Morgan fingerprint density at radius 3 is 1.00 bits per heavy atom. The van der Waals surface area contributed by atoms with Crippen LogP contribution in [0.1, 0.15) is 16.7 Å². The molecule has 18 nitrogen and oxygen atoms in total. The minimum Gasteiger partial charge on any atom is -0.445 e. The first-order valence-corrected chi connectivity index (χ1v) is 20.1. The average molecular weight is 897 g/mol. The predicted molar refractivity (Wildman–Crippen MR) is 246 cm³/mol. The van der Waals surface area contributed by atoms with Gasteiger partial charge in [0.15, 0.2) is 6.10 Å². The van der Waals surface area contributed by atoms with Gasteiger partial charge in [-0.15, -0.1) is 0 Å². The molecule has 0 aliphatic rings. The fourth-order valence-electron chi connectivity index (χ4n) is 5.76. The van der Waals surface area contributed by atoms with Crippen LogP contribution in [0.2, 0.25) is 0 Å². The number of hydrogen-bond donors (Lipinski definition) is 6. The minimum absolute atomic E-state index is 0.213. The number of aryl methyl sites for hydroxylation is 3. The standard InChI is InChI=1S/C48H44N6O12/c1-30-19-22-33(25-40(30)52-46(58)63-36-13-7-4-8-14-36)49-43(55)61-28-39(66-45(57)51-35-24-21-32(3)42(27-35)54-48(60)65-38-17-11-6-12-18-38)29-62-44(56)50-34-23-20-31(2)41(26-34)53-47(59)64-37-15-9-5-10-16-37/h4-27,39H,28-29H2,1-3H3,(H,49,55)(H,50,56)(H,51,57)(H,52,58)(H,53,59)(H,54,60). The molecule has 0 radical (unpaired) electrons. The van der Waals surface area contributed by atoms with Gasteiger partial charge >= 0.3 is 36.6 Å². The van der Waals surface area contributed by atoms with Crippen molar-refractivity contribution in [2.45, 2.75) is 26.9 Å². The number of carbonyl (C=O) groups is 6. The zero-order valence-corrected chi connectivity index (χ0v) is 35.7. The van der Waals surface area contributed by atoms with Crippen molar-refractivity contribution in [3.05, 3.63) is 162 Å². The van der Waals surface area contributed by atoms with E-state index in [-0.39, 0.29) is 17.1 Å². The van der Waals surface area contributed by atoms with E-state index in [1.807, 2.05) is 0 Å². The first-order valence-electron chi connectivity index (χ1n) is 20.1. The summed E-state index contributed by atoms with van der Waals surface area (Å²) in [7, 11) is 0. The summed E-state index contributed by atoms with van der Waals surface area (Å²) in [6, 6.07) is 39.4. The highest BCUT2D eigenvalue weighted by molar-refractivity contribution is 5.93. The molecule has 6 aromatic carbocycles. The molecule has 0 unspecified atom stereocenters. The molecule has 18 heteroatoms. The highest BCUT2D eigenvalue weighted by Crippen LogP contribution is 2.25. The molecule has 66 heavy (non-hydrogen) atoms. The molecule has 0 atom stereocenters. The van der Waals surface area contributed by atoms with Crippen LogP contribution in [0.4, 0.5) is 62.9 Å². The predicted octanol–water partition coefficient (Wildman–Crippen LogP) is 10.9. The summed E-state index contributed by atoms with van der Waals surface area (Å²) in [6.45, 7) is 4.04. The third-order valence-corrected chi connectivity index (χ3v) is 9.10. The number of anilines is 6. The van der Waals surface area contributed by atoms with Crippen molar-refractivity contribution in [1.82, 2.24) is 0 Å². The van der Waals surface area contributed by atoms with E-state index < -0.39 is 55.9 Å². The second-order valence-electron chi connectivity index (χ2n) is 14.2. The van der Waals surface area contributed by atoms with Crippen molar-refractivity contribution in [1.29, 1.82) is 0 Å². The molecule has 6 amide bonds. The Balaban J connectivity index is 1.08. The van der Waals surface area contributed by atoms with Gasteiger partial charge in [0.2, 0.25) is 0 Å². The second-order valence-corrected chi connectivity index (χ2v) is 14.2. The summed E-state index contributed by atoms with van der Waals surface area (Å²) >= 11 is 0. The molecule has 0 aliphatic heterocycles. The molecule has 0 aliphatic carbocycles. The van der Waals surface area contributed by atoms with Crippen molar-refractivity contribution >= 4 is 70.7 Å².